The lowest BCUT2D eigenvalue weighted by molar-refractivity contribution is 0.0697. The summed E-state index contributed by atoms with van der Waals surface area (Å²) in [4.78, 5) is 16.4. The number of aryl methyl sites for hydroxylation is 2. The molecule has 0 aliphatic heterocycles. The molecule has 0 fully saturated rings. The van der Waals surface area contributed by atoms with Crippen molar-refractivity contribution in [1.29, 1.82) is 0 Å². The average molecular weight is 282 g/mol. The van der Waals surface area contributed by atoms with Crippen molar-refractivity contribution in [2.45, 2.75) is 33.3 Å². The minimum Gasteiger partial charge on any atom is -0.484 e. The molecule has 0 aliphatic carbocycles. The van der Waals surface area contributed by atoms with E-state index in [-0.39, 0.29) is 11.5 Å². The second-order valence-electron chi connectivity index (χ2n) is 3.81. The Bertz CT molecular complexity index is 576. The maximum atomic E-state index is 11.1. The van der Waals surface area contributed by atoms with Crippen molar-refractivity contribution in [3.8, 4) is 5.75 Å². The highest BCUT2D eigenvalue weighted by atomic mass is 32.1. The van der Waals surface area contributed by atoms with Gasteiger partial charge in [0.1, 0.15) is 5.75 Å². The zero-order valence-electron chi connectivity index (χ0n) is 10.7. The van der Waals surface area contributed by atoms with Crippen molar-refractivity contribution in [3.05, 3.63) is 27.5 Å². The molecule has 19 heavy (non-hydrogen) atoms. The topological polar surface area (TPSA) is 85.5 Å². The minimum absolute atomic E-state index is 0.101. The first-order valence-corrected chi connectivity index (χ1v) is 6.76. The standard InChI is InChI=1S/C12H14N2O4S/c1-3-7-5-8(11(19-7)12(15)16)17-6-9-13-10(4-2)18-14-9/h5H,3-4,6H2,1-2H3,(H,15,16). The maximum absolute atomic E-state index is 11.1. The number of carbonyl (C=O) groups is 1. The predicted molar refractivity (Wildman–Crippen MR) is 68.7 cm³/mol. The Morgan fingerprint density at radius 3 is 2.84 bits per heavy atom. The molecule has 2 aromatic rings. The molecule has 0 aliphatic rings. The SMILES string of the molecule is CCc1nc(COc2cc(CC)sc2C(=O)O)no1. The smallest absolute Gasteiger partial charge is 0.349 e. The zero-order valence-corrected chi connectivity index (χ0v) is 11.5. The summed E-state index contributed by atoms with van der Waals surface area (Å²) < 4.78 is 10.4. The van der Waals surface area contributed by atoms with Gasteiger partial charge in [-0.3, -0.25) is 0 Å². The van der Waals surface area contributed by atoms with E-state index in [2.05, 4.69) is 10.1 Å². The first kappa shape index (κ1) is 13.5. The van der Waals surface area contributed by atoms with E-state index in [1.165, 1.54) is 11.3 Å². The van der Waals surface area contributed by atoms with Crippen LogP contribution in [0.3, 0.4) is 0 Å². The largest absolute Gasteiger partial charge is 0.484 e. The number of aromatic carboxylic acids is 1. The summed E-state index contributed by atoms with van der Waals surface area (Å²) in [5, 5.41) is 12.8. The van der Waals surface area contributed by atoms with Crippen LogP contribution in [0.2, 0.25) is 0 Å². The quantitative estimate of drug-likeness (QED) is 0.876. The molecule has 0 saturated heterocycles. The summed E-state index contributed by atoms with van der Waals surface area (Å²) in [5.41, 5.74) is 0. The molecule has 0 bridgehead atoms. The van der Waals surface area contributed by atoms with E-state index < -0.39 is 5.97 Å². The summed E-state index contributed by atoms with van der Waals surface area (Å²) in [6, 6.07) is 1.74. The molecule has 0 radical (unpaired) electrons. The average Bonchev–Trinajstić information content (AvgIpc) is 3.02. The molecule has 2 aromatic heterocycles. The van der Waals surface area contributed by atoms with E-state index >= 15 is 0 Å². The van der Waals surface area contributed by atoms with Gasteiger partial charge in [0.05, 0.1) is 0 Å². The van der Waals surface area contributed by atoms with Crippen LogP contribution in [0.4, 0.5) is 0 Å². The van der Waals surface area contributed by atoms with Gasteiger partial charge in [0.25, 0.3) is 0 Å². The van der Waals surface area contributed by atoms with Crippen LogP contribution < -0.4 is 4.74 Å². The first-order valence-electron chi connectivity index (χ1n) is 5.94. The molecule has 0 amide bonds. The van der Waals surface area contributed by atoms with E-state index in [9.17, 15) is 4.79 Å². The highest BCUT2D eigenvalue weighted by Gasteiger charge is 2.17. The van der Waals surface area contributed by atoms with Crippen molar-refractivity contribution >= 4 is 17.3 Å². The fraction of sp³-hybridized carbons (Fsp3) is 0.417. The van der Waals surface area contributed by atoms with Gasteiger partial charge in [0.15, 0.2) is 11.5 Å². The van der Waals surface area contributed by atoms with Gasteiger partial charge in [0.2, 0.25) is 11.7 Å². The third kappa shape index (κ3) is 3.11. The van der Waals surface area contributed by atoms with Gasteiger partial charge in [-0.1, -0.05) is 19.0 Å². The van der Waals surface area contributed by atoms with E-state index in [4.69, 9.17) is 14.4 Å². The summed E-state index contributed by atoms with van der Waals surface area (Å²) in [7, 11) is 0. The van der Waals surface area contributed by atoms with Crippen molar-refractivity contribution in [2.24, 2.45) is 0 Å². The fourth-order valence-corrected chi connectivity index (χ4v) is 2.37. The molecular weight excluding hydrogens is 268 g/mol. The Morgan fingerprint density at radius 1 is 1.47 bits per heavy atom. The number of ether oxygens (including phenoxy) is 1. The van der Waals surface area contributed by atoms with Crippen LogP contribution in [0.5, 0.6) is 5.75 Å². The number of rotatable bonds is 6. The second-order valence-corrected chi connectivity index (χ2v) is 4.95. The number of hydrogen-bond donors (Lipinski definition) is 1. The summed E-state index contributed by atoms with van der Waals surface area (Å²) in [6.45, 7) is 3.98. The Labute approximate surface area is 114 Å². The zero-order chi connectivity index (χ0) is 13.8. The number of aromatic nitrogens is 2. The molecule has 0 spiro atoms. The van der Waals surface area contributed by atoms with E-state index in [1.54, 1.807) is 6.07 Å². The number of thiophene rings is 1. The third-order valence-corrected chi connectivity index (χ3v) is 3.71. The normalized spacial score (nSPS) is 10.6. The Hall–Kier alpha value is -1.89. The molecule has 7 heteroatoms. The number of carboxylic acids is 1. The van der Waals surface area contributed by atoms with Gasteiger partial charge in [-0.05, 0) is 12.5 Å². The lowest BCUT2D eigenvalue weighted by Crippen LogP contribution is -2.01. The Balaban J connectivity index is 2.09. The van der Waals surface area contributed by atoms with Crippen LogP contribution in [0.25, 0.3) is 0 Å². The molecular formula is C12H14N2O4S. The summed E-state index contributed by atoms with van der Waals surface area (Å²) in [5.74, 6) is 0.327. The number of nitrogens with zero attached hydrogens (tertiary/aromatic N) is 2. The molecule has 0 atom stereocenters. The van der Waals surface area contributed by atoms with Crippen molar-refractivity contribution in [3.63, 3.8) is 0 Å². The van der Waals surface area contributed by atoms with Crippen LogP contribution in [0, 0.1) is 0 Å². The summed E-state index contributed by atoms with van der Waals surface area (Å²) >= 11 is 1.22. The van der Waals surface area contributed by atoms with Crippen LogP contribution in [-0.2, 0) is 19.4 Å². The monoisotopic (exact) mass is 282 g/mol. The number of hydrogen-bond acceptors (Lipinski definition) is 6. The molecule has 0 unspecified atom stereocenters. The molecule has 6 nitrogen and oxygen atoms in total. The van der Waals surface area contributed by atoms with Crippen molar-refractivity contribution in [2.75, 3.05) is 0 Å². The van der Waals surface area contributed by atoms with E-state index in [0.717, 1.165) is 11.3 Å². The van der Waals surface area contributed by atoms with Crippen LogP contribution in [0.15, 0.2) is 10.6 Å². The molecule has 0 saturated carbocycles. The third-order valence-electron chi connectivity index (χ3n) is 2.46. The Kier molecular flexibility index (Phi) is 4.16. The molecule has 0 aromatic carbocycles. The molecule has 102 valence electrons. The lowest BCUT2D eigenvalue weighted by Gasteiger charge is -2.01. The van der Waals surface area contributed by atoms with Gasteiger partial charge in [-0.2, -0.15) is 4.98 Å². The van der Waals surface area contributed by atoms with Crippen LogP contribution in [0.1, 0.15) is 40.1 Å². The highest BCUT2D eigenvalue weighted by molar-refractivity contribution is 7.14. The van der Waals surface area contributed by atoms with Crippen LogP contribution >= 0.6 is 11.3 Å². The van der Waals surface area contributed by atoms with Gasteiger partial charge < -0.3 is 14.4 Å². The van der Waals surface area contributed by atoms with Crippen molar-refractivity contribution in [1.82, 2.24) is 10.1 Å². The lowest BCUT2D eigenvalue weighted by atomic mass is 10.3. The van der Waals surface area contributed by atoms with Gasteiger partial charge in [0, 0.05) is 11.3 Å². The molecule has 2 rings (SSSR count). The second kappa shape index (κ2) is 5.83. The van der Waals surface area contributed by atoms with E-state index in [0.29, 0.717) is 23.9 Å². The predicted octanol–water partition coefficient (Wildman–Crippen LogP) is 2.53. The number of carboxylic acid groups (broad SMARTS) is 1. The van der Waals surface area contributed by atoms with Gasteiger partial charge >= 0.3 is 5.97 Å². The van der Waals surface area contributed by atoms with Crippen LogP contribution in [-0.4, -0.2) is 21.2 Å². The minimum atomic E-state index is -0.984. The van der Waals surface area contributed by atoms with E-state index in [1.807, 2.05) is 13.8 Å². The first-order chi connectivity index (χ1) is 9.13. The highest BCUT2D eigenvalue weighted by Crippen LogP contribution is 2.30. The summed E-state index contributed by atoms with van der Waals surface area (Å²) in [6.07, 6.45) is 1.43. The molecule has 2 heterocycles. The van der Waals surface area contributed by atoms with Crippen molar-refractivity contribution < 1.29 is 19.2 Å². The fourth-order valence-electron chi connectivity index (χ4n) is 1.49. The van der Waals surface area contributed by atoms with Gasteiger partial charge in [-0.25, -0.2) is 4.79 Å². The Morgan fingerprint density at radius 2 is 2.26 bits per heavy atom. The van der Waals surface area contributed by atoms with Gasteiger partial charge in [-0.15, -0.1) is 11.3 Å². The molecule has 1 N–H and O–H groups in total. The maximum Gasteiger partial charge on any atom is 0.349 e.